The van der Waals surface area contributed by atoms with Crippen LogP contribution in [-0.2, 0) is 0 Å². The van der Waals surface area contributed by atoms with Crippen LogP contribution in [0.2, 0.25) is 0 Å². The molecule has 0 heterocycles. The topological polar surface area (TPSA) is 80.9 Å². The number of phenolic OH excluding ortho intramolecular Hbond substituents is 4. The van der Waals surface area contributed by atoms with Crippen LogP contribution >= 0.6 is 0 Å². The second-order valence-corrected chi connectivity index (χ2v) is 4.23. The van der Waals surface area contributed by atoms with Gasteiger partial charge in [-0.05, 0) is 59.3 Å². The molecule has 0 aromatic heterocycles. The molecule has 20 heavy (non-hydrogen) atoms. The number of hydrogen-bond donors (Lipinski definition) is 4. The Morgan fingerprint density at radius 2 is 0.700 bits per heavy atom. The van der Waals surface area contributed by atoms with Gasteiger partial charge in [0.2, 0.25) is 0 Å². The second-order valence-electron chi connectivity index (χ2n) is 4.23. The van der Waals surface area contributed by atoms with Crippen molar-refractivity contribution in [2.24, 2.45) is 0 Å². The van der Waals surface area contributed by atoms with Gasteiger partial charge in [0.1, 0.15) is 23.0 Å². The molecule has 0 bridgehead atoms. The maximum atomic E-state index is 9.14. The lowest BCUT2D eigenvalue weighted by Crippen LogP contribution is -1.71. The number of rotatable bonds is 0. The van der Waals surface area contributed by atoms with Gasteiger partial charge in [-0.2, -0.15) is 0 Å². The van der Waals surface area contributed by atoms with E-state index in [0.717, 1.165) is 10.8 Å². The summed E-state index contributed by atoms with van der Waals surface area (Å²) in [5.74, 6) is 0.826. The fraction of sp³-hybridized carbons (Fsp3) is 0. The van der Waals surface area contributed by atoms with E-state index in [-0.39, 0.29) is 23.0 Å². The summed E-state index contributed by atoms with van der Waals surface area (Å²) in [5.41, 5.74) is 0. The van der Waals surface area contributed by atoms with Crippen LogP contribution in [0.1, 0.15) is 0 Å². The highest BCUT2D eigenvalue weighted by Gasteiger charge is 1.95. The maximum Gasteiger partial charge on any atom is 0.116 e. The Balaban J connectivity index is 0.000000160. The van der Waals surface area contributed by atoms with Crippen molar-refractivity contribution in [2.45, 2.75) is 0 Å². The van der Waals surface area contributed by atoms with Crippen molar-refractivity contribution < 1.29 is 20.4 Å². The van der Waals surface area contributed by atoms with Gasteiger partial charge < -0.3 is 20.4 Å². The van der Waals surface area contributed by atoms with Crippen molar-refractivity contribution >= 4 is 10.8 Å². The monoisotopic (exact) mass is 270 g/mol. The van der Waals surface area contributed by atoms with E-state index in [9.17, 15) is 0 Å². The van der Waals surface area contributed by atoms with Gasteiger partial charge in [0.05, 0.1) is 0 Å². The average Bonchev–Trinajstić information content (AvgIpc) is 2.43. The molecule has 4 N–H and O–H groups in total. The molecule has 3 rings (SSSR count). The summed E-state index contributed by atoms with van der Waals surface area (Å²) in [6.45, 7) is 0. The van der Waals surface area contributed by atoms with E-state index < -0.39 is 0 Å². The number of fused-ring (bicyclic) bond motifs is 1. The van der Waals surface area contributed by atoms with Crippen molar-refractivity contribution in [3.8, 4) is 23.0 Å². The third kappa shape index (κ3) is 3.55. The summed E-state index contributed by atoms with van der Waals surface area (Å²) in [6.07, 6.45) is 0. The highest BCUT2D eigenvalue weighted by molar-refractivity contribution is 5.84. The zero-order chi connectivity index (χ0) is 14.5. The molecule has 0 spiro atoms. The number of hydrogen-bond acceptors (Lipinski definition) is 4. The predicted octanol–water partition coefficient (Wildman–Crippen LogP) is 3.35. The maximum absolute atomic E-state index is 9.14. The largest absolute Gasteiger partial charge is 0.508 e. The average molecular weight is 270 g/mol. The van der Waals surface area contributed by atoms with Gasteiger partial charge in [0, 0.05) is 0 Å². The Morgan fingerprint density at radius 3 is 1.05 bits per heavy atom. The minimum absolute atomic E-state index is 0.169. The van der Waals surface area contributed by atoms with E-state index in [2.05, 4.69) is 0 Å². The number of aromatic hydroxyl groups is 4. The van der Waals surface area contributed by atoms with E-state index in [1.54, 1.807) is 36.4 Å². The molecular formula is C16H14O4. The van der Waals surface area contributed by atoms with Gasteiger partial charge in [0.15, 0.2) is 0 Å². The molecule has 0 unspecified atom stereocenters. The quantitative estimate of drug-likeness (QED) is 0.472. The van der Waals surface area contributed by atoms with E-state index >= 15 is 0 Å². The van der Waals surface area contributed by atoms with Crippen molar-refractivity contribution in [1.29, 1.82) is 0 Å². The highest BCUT2D eigenvalue weighted by atomic mass is 16.3. The highest BCUT2D eigenvalue weighted by Crippen LogP contribution is 2.23. The molecule has 0 saturated carbocycles. The van der Waals surface area contributed by atoms with Gasteiger partial charge in [-0.1, -0.05) is 12.1 Å². The van der Waals surface area contributed by atoms with Gasteiger partial charge in [-0.25, -0.2) is 0 Å². The van der Waals surface area contributed by atoms with E-state index in [1.165, 1.54) is 24.3 Å². The minimum Gasteiger partial charge on any atom is -0.508 e. The van der Waals surface area contributed by atoms with Crippen LogP contribution in [0, 0.1) is 0 Å². The van der Waals surface area contributed by atoms with Crippen LogP contribution in [0.3, 0.4) is 0 Å². The lowest BCUT2D eigenvalue weighted by Gasteiger charge is -1.98. The normalized spacial score (nSPS) is 9.80. The molecule has 0 amide bonds. The standard InChI is InChI=1S/C10H8O2.C6H6O2/c11-9-3-1-7-5-10(12)4-2-8(7)6-9;7-5-1-2-6(8)4-3-5/h1-6,11-12H;1-4,7-8H. The van der Waals surface area contributed by atoms with Crippen molar-refractivity contribution in [2.75, 3.05) is 0 Å². The fourth-order valence-electron chi connectivity index (χ4n) is 1.67. The minimum atomic E-state index is 0.169. The molecule has 4 heteroatoms. The third-order valence-corrected chi connectivity index (χ3v) is 2.66. The zero-order valence-electron chi connectivity index (χ0n) is 10.6. The van der Waals surface area contributed by atoms with Gasteiger partial charge in [-0.3, -0.25) is 0 Å². The van der Waals surface area contributed by atoms with E-state index in [0.29, 0.717) is 0 Å². The van der Waals surface area contributed by atoms with Crippen LogP contribution in [-0.4, -0.2) is 20.4 Å². The Labute approximate surface area is 115 Å². The van der Waals surface area contributed by atoms with Crippen LogP contribution in [0.25, 0.3) is 10.8 Å². The van der Waals surface area contributed by atoms with Crippen LogP contribution in [0.4, 0.5) is 0 Å². The van der Waals surface area contributed by atoms with Crippen molar-refractivity contribution in [1.82, 2.24) is 0 Å². The first kappa shape index (κ1) is 13.5. The second kappa shape index (κ2) is 5.84. The first-order valence-electron chi connectivity index (χ1n) is 5.94. The SMILES string of the molecule is Oc1ccc(O)cc1.Oc1ccc2cc(O)ccc2c1. The molecule has 0 aliphatic rings. The van der Waals surface area contributed by atoms with Crippen LogP contribution in [0.5, 0.6) is 23.0 Å². The summed E-state index contributed by atoms with van der Waals surface area (Å²) in [4.78, 5) is 0. The molecule has 0 radical (unpaired) electrons. The number of phenols is 4. The van der Waals surface area contributed by atoms with Gasteiger partial charge in [-0.15, -0.1) is 0 Å². The Bertz CT molecular complexity index is 643. The summed E-state index contributed by atoms with van der Waals surface area (Å²) >= 11 is 0. The van der Waals surface area contributed by atoms with Gasteiger partial charge >= 0.3 is 0 Å². The summed E-state index contributed by atoms with van der Waals surface area (Å²) < 4.78 is 0. The Hall–Kier alpha value is -2.88. The Morgan fingerprint density at radius 1 is 0.400 bits per heavy atom. The predicted molar refractivity (Wildman–Crippen MR) is 77.0 cm³/mol. The molecule has 4 nitrogen and oxygen atoms in total. The molecule has 3 aromatic carbocycles. The molecule has 0 aliphatic carbocycles. The van der Waals surface area contributed by atoms with Crippen molar-refractivity contribution in [3.63, 3.8) is 0 Å². The lowest BCUT2D eigenvalue weighted by molar-refractivity contribution is 0.460. The lowest BCUT2D eigenvalue weighted by atomic mass is 10.1. The van der Waals surface area contributed by atoms with Gasteiger partial charge in [0.25, 0.3) is 0 Å². The molecule has 0 saturated heterocycles. The molecule has 0 aliphatic heterocycles. The summed E-state index contributed by atoms with van der Waals surface area (Å²) in [6, 6.07) is 15.8. The summed E-state index contributed by atoms with van der Waals surface area (Å²) in [5, 5.41) is 37.4. The molecule has 3 aromatic rings. The van der Waals surface area contributed by atoms with E-state index in [4.69, 9.17) is 20.4 Å². The van der Waals surface area contributed by atoms with Crippen LogP contribution in [0.15, 0.2) is 60.7 Å². The first-order valence-corrected chi connectivity index (χ1v) is 5.94. The van der Waals surface area contributed by atoms with E-state index in [1.807, 2.05) is 0 Å². The molecule has 0 atom stereocenters. The molecule has 0 fully saturated rings. The Kier molecular flexibility index (Phi) is 3.96. The fourth-order valence-corrected chi connectivity index (χ4v) is 1.67. The molecule has 102 valence electrons. The van der Waals surface area contributed by atoms with Crippen molar-refractivity contribution in [3.05, 3.63) is 60.7 Å². The van der Waals surface area contributed by atoms with Crippen LogP contribution < -0.4 is 0 Å². The first-order chi connectivity index (χ1) is 9.54. The third-order valence-electron chi connectivity index (χ3n) is 2.66. The summed E-state index contributed by atoms with van der Waals surface area (Å²) in [7, 11) is 0. The zero-order valence-corrected chi connectivity index (χ0v) is 10.6. The number of benzene rings is 3. The smallest absolute Gasteiger partial charge is 0.116 e. The molecular weight excluding hydrogens is 256 g/mol.